The molecule has 0 spiro atoms. The molecule has 0 saturated carbocycles. The minimum absolute atomic E-state index is 0.120. The quantitative estimate of drug-likeness (QED) is 0.922. The van der Waals surface area contributed by atoms with E-state index in [2.05, 4.69) is 0 Å². The smallest absolute Gasteiger partial charge is 0.165 e. The zero-order chi connectivity index (χ0) is 13.1. The molecule has 2 unspecified atom stereocenters. The number of hydrogen-bond acceptors (Lipinski definition) is 3. The van der Waals surface area contributed by atoms with Gasteiger partial charge in [-0.25, -0.2) is 8.78 Å². The molecule has 5 heteroatoms. The number of ether oxygens (including phenoxy) is 1. The van der Waals surface area contributed by atoms with Crippen LogP contribution < -0.4 is 10.5 Å². The van der Waals surface area contributed by atoms with Crippen molar-refractivity contribution in [3.05, 3.63) is 52.2 Å². The molecule has 1 aromatic carbocycles. The van der Waals surface area contributed by atoms with Gasteiger partial charge in [-0.15, -0.1) is 11.3 Å². The van der Waals surface area contributed by atoms with E-state index in [9.17, 15) is 8.78 Å². The van der Waals surface area contributed by atoms with Crippen LogP contribution in [0.15, 0.2) is 35.7 Å². The number of hydrogen-bond donors (Lipinski definition) is 1. The number of halogens is 2. The van der Waals surface area contributed by atoms with Crippen LogP contribution >= 0.6 is 11.3 Å². The molecule has 0 aliphatic carbocycles. The Hall–Kier alpha value is -1.46. The normalized spacial score (nSPS) is 14.2. The van der Waals surface area contributed by atoms with E-state index in [-0.39, 0.29) is 11.8 Å². The summed E-state index contributed by atoms with van der Waals surface area (Å²) in [5, 5.41) is 1.88. The Morgan fingerprint density at radius 1 is 1.28 bits per heavy atom. The van der Waals surface area contributed by atoms with Crippen LogP contribution in [0.4, 0.5) is 8.78 Å². The Morgan fingerprint density at radius 3 is 2.67 bits per heavy atom. The molecule has 2 rings (SSSR count). The molecule has 2 N–H and O–H groups in total. The first kappa shape index (κ1) is 13.0. The van der Waals surface area contributed by atoms with Gasteiger partial charge < -0.3 is 10.5 Å². The third-order valence-electron chi connectivity index (χ3n) is 2.45. The van der Waals surface area contributed by atoms with Crippen LogP contribution in [0.2, 0.25) is 0 Å². The van der Waals surface area contributed by atoms with Crippen molar-refractivity contribution < 1.29 is 13.5 Å². The molecule has 2 aromatic rings. The summed E-state index contributed by atoms with van der Waals surface area (Å²) >= 11 is 1.47. The topological polar surface area (TPSA) is 35.2 Å². The fourth-order valence-corrected chi connectivity index (χ4v) is 2.45. The van der Waals surface area contributed by atoms with Crippen molar-refractivity contribution in [2.75, 3.05) is 0 Å². The van der Waals surface area contributed by atoms with Crippen molar-refractivity contribution in [1.82, 2.24) is 0 Å². The summed E-state index contributed by atoms with van der Waals surface area (Å²) in [5.74, 6) is -1.26. The van der Waals surface area contributed by atoms with Gasteiger partial charge in [-0.3, -0.25) is 0 Å². The zero-order valence-corrected chi connectivity index (χ0v) is 10.6. The van der Waals surface area contributed by atoms with Gasteiger partial charge in [0.1, 0.15) is 11.9 Å². The van der Waals surface area contributed by atoms with Crippen molar-refractivity contribution in [3.8, 4) is 5.75 Å². The molecule has 1 aromatic heterocycles. The molecule has 96 valence electrons. The highest BCUT2D eigenvalue weighted by Gasteiger charge is 2.21. The third kappa shape index (κ3) is 2.86. The van der Waals surface area contributed by atoms with Gasteiger partial charge in [-0.1, -0.05) is 6.07 Å². The van der Waals surface area contributed by atoms with Gasteiger partial charge in [0.2, 0.25) is 0 Å². The maximum absolute atomic E-state index is 13.5. The van der Waals surface area contributed by atoms with Crippen LogP contribution in [0.5, 0.6) is 5.75 Å². The van der Waals surface area contributed by atoms with E-state index in [1.807, 2.05) is 17.5 Å². The lowest BCUT2D eigenvalue weighted by Crippen LogP contribution is -2.28. The van der Waals surface area contributed by atoms with E-state index in [4.69, 9.17) is 10.5 Å². The highest BCUT2D eigenvalue weighted by Crippen LogP contribution is 2.29. The zero-order valence-electron chi connectivity index (χ0n) is 9.77. The van der Waals surface area contributed by atoms with Crippen molar-refractivity contribution in [2.24, 2.45) is 5.73 Å². The minimum atomic E-state index is -0.599. The lowest BCUT2D eigenvalue weighted by Gasteiger charge is -2.21. The predicted octanol–water partition coefficient (Wildman–Crippen LogP) is 3.49. The first-order valence-electron chi connectivity index (χ1n) is 5.48. The number of nitrogens with two attached hydrogens (primary N) is 1. The van der Waals surface area contributed by atoms with Gasteiger partial charge in [-0.2, -0.15) is 0 Å². The summed E-state index contributed by atoms with van der Waals surface area (Å²) < 4.78 is 32.1. The van der Waals surface area contributed by atoms with E-state index in [1.54, 1.807) is 6.92 Å². The maximum atomic E-state index is 13.5. The molecule has 0 aliphatic rings. The molecule has 0 amide bonds. The molecule has 2 nitrogen and oxygen atoms in total. The van der Waals surface area contributed by atoms with Crippen LogP contribution in [0.1, 0.15) is 17.9 Å². The van der Waals surface area contributed by atoms with Crippen molar-refractivity contribution in [1.29, 1.82) is 0 Å². The highest BCUT2D eigenvalue weighted by molar-refractivity contribution is 7.10. The fraction of sp³-hybridized carbons (Fsp3) is 0.231. The van der Waals surface area contributed by atoms with Crippen LogP contribution in [0.3, 0.4) is 0 Å². The Kier molecular flexibility index (Phi) is 3.93. The number of thiophene rings is 1. The summed E-state index contributed by atoms with van der Waals surface area (Å²) in [7, 11) is 0. The Balaban J connectivity index is 2.27. The molecule has 0 saturated heterocycles. The summed E-state index contributed by atoms with van der Waals surface area (Å²) in [6.07, 6.45) is -0.485. The van der Waals surface area contributed by atoms with E-state index < -0.39 is 17.7 Å². The van der Waals surface area contributed by atoms with Gasteiger partial charge in [0.15, 0.2) is 11.6 Å². The second kappa shape index (κ2) is 5.46. The first-order valence-corrected chi connectivity index (χ1v) is 6.36. The summed E-state index contributed by atoms with van der Waals surface area (Å²) in [6.45, 7) is 1.77. The van der Waals surface area contributed by atoms with E-state index in [0.29, 0.717) is 0 Å². The third-order valence-corrected chi connectivity index (χ3v) is 3.38. The standard InChI is InChI=1S/C13H13F2NOS/c1-8(16)13(12-3-2-6-18-12)17-11-7-9(14)4-5-10(11)15/h2-8,13H,16H2,1H3. The van der Waals surface area contributed by atoms with E-state index >= 15 is 0 Å². The summed E-state index contributed by atoms with van der Waals surface area (Å²) in [6, 6.07) is 6.51. The highest BCUT2D eigenvalue weighted by atomic mass is 32.1. The maximum Gasteiger partial charge on any atom is 0.165 e. The predicted molar refractivity (Wildman–Crippen MR) is 67.7 cm³/mol. The largest absolute Gasteiger partial charge is 0.480 e. The lowest BCUT2D eigenvalue weighted by atomic mass is 10.1. The van der Waals surface area contributed by atoms with Crippen molar-refractivity contribution in [3.63, 3.8) is 0 Å². The molecule has 1 heterocycles. The Labute approximate surface area is 108 Å². The van der Waals surface area contributed by atoms with Gasteiger partial charge in [0.25, 0.3) is 0 Å². The average molecular weight is 269 g/mol. The van der Waals surface area contributed by atoms with Crippen LogP contribution in [0, 0.1) is 11.6 Å². The Bertz CT molecular complexity index is 514. The molecule has 0 radical (unpaired) electrons. The minimum Gasteiger partial charge on any atom is -0.480 e. The molecular formula is C13H13F2NOS. The fourth-order valence-electron chi connectivity index (χ4n) is 1.58. The summed E-state index contributed by atoms with van der Waals surface area (Å²) in [5.41, 5.74) is 5.83. The molecule has 2 atom stereocenters. The SMILES string of the molecule is CC(N)C(Oc1cc(F)ccc1F)c1cccs1. The van der Waals surface area contributed by atoms with Gasteiger partial charge in [0, 0.05) is 17.0 Å². The molecule has 18 heavy (non-hydrogen) atoms. The van der Waals surface area contributed by atoms with Gasteiger partial charge >= 0.3 is 0 Å². The monoisotopic (exact) mass is 269 g/mol. The Morgan fingerprint density at radius 2 is 2.06 bits per heavy atom. The van der Waals surface area contributed by atoms with Crippen LogP contribution in [-0.2, 0) is 0 Å². The summed E-state index contributed by atoms with van der Waals surface area (Å²) in [4.78, 5) is 0.883. The second-order valence-corrected chi connectivity index (χ2v) is 4.97. The molecule has 0 bridgehead atoms. The van der Waals surface area contributed by atoms with Crippen LogP contribution in [-0.4, -0.2) is 6.04 Å². The van der Waals surface area contributed by atoms with E-state index in [1.165, 1.54) is 11.3 Å². The molecule has 0 fully saturated rings. The first-order chi connectivity index (χ1) is 8.58. The lowest BCUT2D eigenvalue weighted by molar-refractivity contribution is 0.175. The second-order valence-electron chi connectivity index (χ2n) is 3.99. The molecule has 0 aliphatic heterocycles. The van der Waals surface area contributed by atoms with Gasteiger partial charge in [0.05, 0.1) is 0 Å². The van der Waals surface area contributed by atoms with E-state index in [0.717, 1.165) is 23.1 Å². The van der Waals surface area contributed by atoms with Gasteiger partial charge in [-0.05, 0) is 30.5 Å². The van der Waals surface area contributed by atoms with Crippen LogP contribution in [0.25, 0.3) is 0 Å². The molecular weight excluding hydrogens is 256 g/mol. The van der Waals surface area contributed by atoms with Crippen molar-refractivity contribution >= 4 is 11.3 Å². The number of benzene rings is 1. The van der Waals surface area contributed by atoms with Crippen molar-refractivity contribution in [2.45, 2.75) is 19.1 Å². The number of rotatable bonds is 4. The average Bonchev–Trinajstić information content (AvgIpc) is 2.83.